The standard InChI is InChI=1S/C24H24N2O3/c1-17-11-12-20(13-18(17)2)26-24(27)16-29-21-8-6-7-19(14-21)15-25-22-9-4-5-10-23(22)28-3/h4-15H,16H2,1-3H3,(H,26,27). The SMILES string of the molecule is COc1ccccc1N=Cc1cccc(OCC(=O)Nc2ccc(C)c(C)c2)c1. The van der Waals surface area contributed by atoms with E-state index in [0.717, 1.165) is 22.5 Å². The van der Waals surface area contributed by atoms with E-state index in [-0.39, 0.29) is 12.5 Å². The van der Waals surface area contributed by atoms with E-state index in [1.54, 1.807) is 13.3 Å². The molecule has 0 radical (unpaired) electrons. The summed E-state index contributed by atoms with van der Waals surface area (Å²) in [5, 5.41) is 2.85. The predicted molar refractivity (Wildman–Crippen MR) is 117 cm³/mol. The summed E-state index contributed by atoms with van der Waals surface area (Å²) in [6.45, 7) is 3.98. The summed E-state index contributed by atoms with van der Waals surface area (Å²) in [4.78, 5) is 16.6. The van der Waals surface area contributed by atoms with Gasteiger partial charge in [0.2, 0.25) is 0 Å². The number of rotatable bonds is 7. The lowest BCUT2D eigenvalue weighted by atomic mass is 10.1. The van der Waals surface area contributed by atoms with Crippen LogP contribution in [0.4, 0.5) is 11.4 Å². The van der Waals surface area contributed by atoms with Crippen molar-refractivity contribution in [3.8, 4) is 11.5 Å². The van der Waals surface area contributed by atoms with Crippen LogP contribution in [-0.2, 0) is 4.79 Å². The third kappa shape index (κ3) is 5.69. The number of anilines is 1. The molecule has 3 aromatic carbocycles. The Bertz CT molecular complexity index is 1030. The quantitative estimate of drug-likeness (QED) is 0.574. The number of methoxy groups -OCH3 is 1. The molecular weight excluding hydrogens is 364 g/mol. The summed E-state index contributed by atoms with van der Waals surface area (Å²) >= 11 is 0. The third-order valence-electron chi connectivity index (χ3n) is 4.46. The largest absolute Gasteiger partial charge is 0.494 e. The number of aryl methyl sites for hydroxylation is 2. The van der Waals surface area contributed by atoms with Gasteiger partial charge >= 0.3 is 0 Å². The van der Waals surface area contributed by atoms with Crippen molar-refractivity contribution in [2.24, 2.45) is 4.99 Å². The van der Waals surface area contributed by atoms with Crippen LogP contribution in [0.2, 0.25) is 0 Å². The van der Waals surface area contributed by atoms with Gasteiger partial charge in [-0.1, -0.05) is 30.3 Å². The Morgan fingerprint density at radius 1 is 1.00 bits per heavy atom. The first-order valence-corrected chi connectivity index (χ1v) is 9.32. The molecule has 0 aliphatic heterocycles. The molecule has 29 heavy (non-hydrogen) atoms. The van der Waals surface area contributed by atoms with E-state index in [0.29, 0.717) is 11.5 Å². The Balaban J connectivity index is 1.60. The molecule has 0 heterocycles. The first kappa shape index (κ1) is 20.1. The summed E-state index contributed by atoms with van der Waals surface area (Å²) in [6.07, 6.45) is 1.74. The molecule has 1 N–H and O–H groups in total. The van der Waals surface area contributed by atoms with E-state index in [4.69, 9.17) is 9.47 Å². The lowest BCUT2D eigenvalue weighted by Crippen LogP contribution is -2.20. The highest BCUT2D eigenvalue weighted by Gasteiger charge is 2.05. The van der Waals surface area contributed by atoms with Gasteiger partial charge in [-0.15, -0.1) is 0 Å². The van der Waals surface area contributed by atoms with Gasteiger partial charge in [-0.05, 0) is 66.9 Å². The van der Waals surface area contributed by atoms with Gasteiger partial charge < -0.3 is 14.8 Å². The van der Waals surface area contributed by atoms with Crippen LogP contribution < -0.4 is 14.8 Å². The molecule has 0 bridgehead atoms. The highest BCUT2D eigenvalue weighted by atomic mass is 16.5. The molecule has 0 unspecified atom stereocenters. The Morgan fingerprint density at radius 3 is 2.62 bits per heavy atom. The lowest BCUT2D eigenvalue weighted by molar-refractivity contribution is -0.118. The minimum Gasteiger partial charge on any atom is -0.494 e. The average Bonchev–Trinajstić information content (AvgIpc) is 2.74. The molecule has 0 aromatic heterocycles. The number of hydrogen-bond acceptors (Lipinski definition) is 4. The summed E-state index contributed by atoms with van der Waals surface area (Å²) < 4.78 is 10.9. The molecule has 3 rings (SSSR count). The molecule has 0 saturated heterocycles. The van der Waals surface area contributed by atoms with Gasteiger partial charge in [-0.3, -0.25) is 9.79 Å². The molecule has 1 amide bonds. The van der Waals surface area contributed by atoms with Gasteiger partial charge in [-0.25, -0.2) is 0 Å². The summed E-state index contributed by atoms with van der Waals surface area (Å²) in [5.74, 6) is 1.10. The first-order chi connectivity index (χ1) is 14.0. The van der Waals surface area contributed by atoms with Crippen molar-refractivity contribution in [1.82, 2.24) is 0 Å². The highest BCUT2D eigenvalue weighted by molar-refractivity contribution is 5.92. The second-order valence-corrected chi connectivity index (χ2v) is 6.64. The zero-order chi connectivity index (χ0) is 20.6. The second kappa shape index (κ2) is 9.55. The molecule has 0 saturated carbocycles. The first-order valence-electron chi connectivity index (χ1n) is 9.32. The van der Waals surface area contributed by atoms with Gasteiger partial charge in [0.25, 0.3) is 5.91 Å². The predicted octanol–water partition coefficient (Wildman–Crippen LogP) is 5.08. The van der Waals surface area contributed by atoms with Crippen LogP contribution in [0, 0.1) is 13.8 Å². The van der Waals surface area contributed by atoms with Crippen LogP contribution >= 0.6 is 0 Å². The maximum Gasteiger partial charge on any atom is 0.262 e. The number of nitrogens with one attached hydrogen (secondary N) is 1. The summed E-state index contributed by atoms with van der Waals surface area (Å²) in [5.41, 5.74) is 4.69. The Hall–Kier alpha value is -3.60. The normalized spacial score (nSPS) is 10.7. The van der Waals surface area contributed by atoms with E-state index >= 15 is 0 Å². The van der Waals surface area contributed by atoms with Crippen LogP contribution in [0.15, 0.2) is 71.7 Å². The highest BCUT2D eigenvalue weighted by Crippen LogP contribution is 2.26. The van der Waals surface area contributed by atoms with Crippen molar-refractivity contribution in [3.05, 3.63) is 83.4 Å². The van der Waals surface area contributed by atoms with Gasteiger partial charge in [-0.2, -0.15) is 0 Å². The number of aliphatic imine (C=N–C) groups is 1. The summed E-state index contributed by atoms with van der Waals surface area (Å²) in [6, 6.07) is 20.8. The molecule has 0 aliphatic carbocycles. The molecule has 0 fully saturated rings. The zero-order valence-corrected chi connectivity index (χ0v) is 16.8. The molecule has 5 nitrogen and oxygen atoms in total. The number of hydrogen-bond donors (Lipinski definition) is 1. The second-order valence-electron chi connectivity index (χ2n) is 6.64. The van der Waals surface area contributed by atoms with E-state index in [2.05, 4.69) is 10.3 Å². The number of carbonyl (C=O) groups is 1. The fourth-order valence-corrected chi connectivity index (χ4v) is 2.73. The van der Waals surface area contributed by atoms with Gasteiger partial charge in [0.05, 0.1) is 7.11 Å². The Morgan fingerprint density at radius 2 is 1.83 bits per heavy atom. The van der Waals surface area contributed by atoms with Gasteiger partial charge in [0.15, 0.2) is 6.61 Å². The molecule has 148 valence electrons. The molecule has 5 heteroatoms. The van der Waals surface area contributed by atoms with Crippen molar-refractivity contribution in [1.29, 1.82) is 0 Å². The van der Waals surface area contributed by atoms with Gasteiger partial charge in [0.1, 0.15) is 17.2 Å². The lowest BCUT2D eigenvalue weighted by Gasteiger charge is -2.09. The molecule has 0 atom stereocenters. The van der Waals surface area contributed by atoms with E-state index in [1.165, 1.54) is 5.56 Å². The fraction of sp³-hybridized carbons (Fsp3) is 0.167. The van der Waals surface area contributed by atoms with Crippen molar-refractivity contribution in [2.75, 3.05) is 19.0 Å². The molecule has 3 aromatic rings. The number of benzene rings is 3. The minimum atomic E-state index is -0.207. The number of para-hydroxylation sites is 2. The number of amides is 1. The van der Waals surface area contributed by atoms with Crippen LogP contribution in [-0.4, -0.2) is 25.8 Å². The van der Waals surface area contributed by atoms with Crippen LogP contribution in [0.5, 0.6) is 11.5 Å². The van der Waals surface area contributed by atoms with Crippen molar-refractivity contribution in [3.63, 3.8) is 0 Å². The molecular formula is C24H24N2O3. The van der Waals surface area contributed by atoms with Crippen molar-refractivity contribution < 1.29 is 14.3 Å². The maximum absolute atomic E-state index is 12.2. The summed E-state index contributed by atoms with van der Waals surface area (Å²) in [7, 11) is 1.62. The topological polar surface area (TPSA) is 59.9 Å². The van der Waals surface area contributed by atoms with Crippen LogP contribution in [0.3, 0.4) is 0 Å². The third-order valence-corrected chi connectivity index (χ3v) is 4.46. The van der Waals surface area contributed by atoms with Gasteiger partial charge in [0, 0.05) is 11.9 Å². The minimum absolute atomic E-state index is 0.0694. The zero-order valence-electron chi connectivity index (χ0n) is 16.8. The van der Waals surface area contributed by atoms with Crippen molar-refractivity contribution >= 4 is 23.5 Å². The monoisotopic (exact) mass is 388 g/mol. The molecule has 0 aliphatic rings. The Labute approximate surface area is 171 Å². The van der Waals surface area contributed by atoms with Crippen molar-refractivity contribution in [2.45, 2.75) is 13.8 Å². The maximum atomic E-state index is 12.2. The molecule has 0 spiro atoms. The number of ether oxygens (including phenoxy) is 2. The fourth-order valence-electron chi connectivity index (χ4n) is 2.73. The number of nitrogens with zero attached hydrogens (tertiary/aromatic N) is 1. The van der Waals surface area contributed by atoms with Crippen LogP contribution in [0.25, 0.3) is 0 Å². The van der Waals surface area contributed by atoms with Crippen LogP contribution in [0.1, 0.15) is 16.7 Å². The number of carbonyl (C=O) groups excluding carboxylic acids is 1. The smallest absolute Gasteiger partial charge is 0.262 e. The van der Waals surface area contributed by atoms with E-state index in [1.807, 2.05) is 80.6 Å². The average molecular weight is 388 g/mol. The van der Waals surface area contributed by atoms with E-state index < -0.39 is 0 Å². The van der Waals surface area contributed by atoms with E-state index in [9.17, 15) is 4.79 Å². The Kier molecular flexibility index (Phi) is 6.63.